The molecule has 0 N–H and O–H groups in total. The molecule has 0 atom stereocenters. The van der Waals surface area contributed by atoms with Gasteiger partial charge < -0.3 is 9.47 Å². The van der Waals surface area contributed by atoms with Crippen molar-refractivity contribution >= 4 is 11.8 Å². The first-order chi connectivity index (χ1) is 8.99. The lowest BCUT2D eigenvalue weighted by molar-refractivity contribution is -0.137. The molecule has 0 bridgehead atoms. The molecule has 0 aliphatic carbocycles. The van der Waals surface area contributed by atoms with Gasteiger partial charge in [0.15, 0.2) is 5.78 Å². The molecule has 19 heavy (non-hydrogen) atoms. The third-order valence-corrected chi connectivity index (χ3v) is 2.66. The number of benzene rings is 1. The highest BCUT2D eigenvalue weighted by atomic mass is 16.5. The average molecular weight is 262 g/mol. The van der Waals surface area contributed by atoms with Gasteiger partial charge in [0.2, 0.25) is 0 Å². The summed E-state index contributed by atoms with van der Waals surface area (Å²) in [4.78, 5) is 23.1. The third kappa shape index (κ3) is 3.95. The summed E-state index contributed by atoms with van der Waals surface area (Å²) in [6, 6.07) is 3.56. The maximum atomic E-state index is 12.0. The van der Waals surface area contributed by atoms with E-state index < -0.39 is 5.97 Å². The predicted octanol–water partition coefficient (Wildman–Crippen LogP) is 2.61. The molecule has 102 valence electrons. The van der Waals surface area contributed by atoms with Crippen LogP contribution in [0.4, 0.5) is 0 Å². The van der Waals surface area contributed by atoms with E-state index in [0.717, 1.165) is 23.0 Å². The van der Waals surface area contributed by atoms with Crippen molar-refractivity contribution in [3.05, 3.63) is 41.0 Å². The van der Waals surface area contributed by atoms with Crippen LogP contribution in [0.25, 0.3) is 0 Å². The summed E-state index contributed by atoms with van der Waals surface area (Å²) >= 11 is 0. The second-order valence-corrected chi connectivity index (χ2v) is 4.09. The van der Waals surface area contributed by atoms with E-state index in [1.165, 1.54) is 6.08 Å². The fraction of sp³-hybridized carbons (Fsp3) is 0.333. The van der Waals surface area contributed by atoms with Crippen LogP contribution in [0, 0.1) is 13.8 Å². The molecule has 0 amide bonds. The van der Waals surface area contributed by atoms with Gasteiger partial charge >= 0.3 is 5.97 Å². The summed E-state index contributed by atoms with van der Waals surface area (Å²) in [5, 5.41) is 0. The molecule has 0 radical (unpaired) electrons. The lowest BCUT2D eigenvalue weighted by Crippen LogP contribution is -2.03. The summed E-state index contributed by atoms with van der Waals surface area (Å²) in [7, 11) is 1.59. The quantitative estimate of drug-likeness (QED) is 0.465. The van der Waals surface area contributed by atoms with E-state index in [4.69, 9.17) is 9.47 Å². The Morgan fingerprint density at radius 3 is 2.42 bits per heavy atom. The number of ether oxygens (including phenoxy) is 2. The summed E-state index contributed by atoms with van der Waals surface area (Å²) in [5.41, 5.74) is 2.24. The van der Waals surface area contributed by atoms with Crippen molar-refractivity contribution in [3.8, 4) is 5.75 Å². The Balaban J connectivity index is 2.94. The largest absolute Gasteiger partial charge is 0.496 e. The van der Waals surface area contributed by atoms with E-state index in [-0.39, 0.29) is 12.4 Å². The van der Waals surface area contributed by atoms with Crippen molar-refractivity contribution < 1.29 is 19.1 Å². The van der Waals surface area contributed by atoms with E-state index in [1.54, 1.807) is 26.2 Å². The molecule has 1 aromatic carbocycles. The third-order valence-electron chi connectivity index (χ3n) is 2.66. The molecule has 1 rings (SSSR count). The number of carbonyl (C=O) groups excluding carboxylic acids is 2. The molecule has 0 saturated carbocycles. The Labute approximate surface area is 113 Å². The maximum Gasteiger partial charge on any atom is 0.330 e. The van der Waals surface area contributed by atoms with E-state index >= 15 is 0 Å². The minimum atomic E-state index is -0.515. The monoisotopic (exact) mass is 262 g/mol. The normalized spacial score (nSPS) is 10.5. The zero-order chi connectivity index (χ0) is 14.4. The molecular formula is C15H18O4. The summed E-state index contributed by atoms with van der Waals surface area (Å²) in [5.74, 6) is -0.00142. The molecule has 0 fully saturated rings. The minimum absolute atomic E-state index is 0.226. The fourth-order valence-corrected chi connectivity index (χ4v) is 1.70. The number of allylic oxidation sites excluding steroid dienone is 1. The van der Waals surface area contributed by atoms with E-state index in [2.05, 4.69) is 0 Å². The summed E-state index contributed by atoms with van der Waals surface area (Å²) in [6.07, 6.45) is 2.37. The second-order valence-electron chi connectivity index (χ2n) is 4.09. The lowest BCUT2D eigenvalue weighted by atomic mass is 10.0. The van der Waals surface area contributed by atoms with E-state index in [1.807, 2.05) is 13.8 Å². The highest BCUT2D eigenvalue weighted by molar-refractivity contribution is 6.08. The molecule has 4 heteroatoms. The van der Waals surface area contributed by atoms with Crippen LogP contribution in [0.5, 0.6) is 5.75 Å². The van der Waals surface area contributed by atoms with Crippen molar-refractivity contribution in [1.29, 1.82) is 0 Å². The van der Waals surface area contributed by atoms with Gasteiger partial charge in [0.25, 0.3) is 0 Å². The molecule has 0 spiro atoms. The van der Waals surface area contributed by atoms with E-state index in [0.29, 0.717) is 5.56 Å². The maximum absolute atomic E-state index is 12.0. The van der Waals surface area contributed by atoms with Crippen molar-refractivity contribution in [2.24, 2.45) is 0 Å². The standard InChI is InChI=1S/C15H18O4/c1-5-19-15(17)7-6-13(16)12-8-11(3)14(18-4)9-10(12)2/h6-9H,5H2,1-4H3/b7-6+. The van der Waals surface area contributed by atoms with Crippen LogP contribution in [0.1, 0.15) is 28.4 Å². The molecule has 4 nitrogen and oxygen atoms in total. The Kier molecular flexibility index (Phi) is 5.30. The summed E-state index contributed by atoms with van der Waals surface area (Å²) < 4.78 is 9.91. The van der Waals surface area contributed by atoms with Crippen LogP contribution in [0.3, 0.4) is 0 Å². The smallest absolute Gasteiger partial charge is 0.330 e. The second kappa shape index (κ2) is 6.73. The van der Waals surface area contributed by atoms with Crippen LogP contribution in [0.2, 0.25) is 0 Å². The number of rotatable bonds is 5. The first-order valence-electron chi connectivity index (χ1n) is 6.04. The number of esters is 1. The molecule has 0 unspecified atom stereocenters. The molecule has 0 aromatic heterocycles. The Bertz CT molecular complexity index is 515. The molecule has 0 saturated heterocycles. The first-order valence-corrected chi connectivity index (χ1v) is 6.04. The van der Waals surface area contributed by atoms with Crippen LogP contribution < -0.4 is 4.74 Å². The van der Waals surface area contributed by atoms with Crippen molar-refractivity contribution in [3.63, 3.8) is 0 Å². The Hall–Kier alpha value is -2.10. The van der Waals surface area contributed by atoms with Gasteiger partial charge in [0, 0.05) is 11.6 Å². The van der Waals surface area contributed by atoms with Crippen molar-refractivity contribution in [1.82, 2.24) is 0 Å². The average Bonchev–Trinajstić information content (AvgIpc) is 2.38. The Morgan fingerprint density at radius 2 is 1.84 bits per heavy atom. The topological polar surface area (TPSA) is 52.6 Å². The van der Waals surface area contributed by atoms with Gasteiger partial charge in [-0.1, -0.05) is 0 Å². The van der Waals surface area contributed by atoms with Gasteiger partial charge in [-0.25, -0.2) is 4.79 Å². The zero-order valence-corrected chi connectivity index (χ0v) is 11.6. The number of methoxy groups -OCH3 is 1. The molecule has 1 aromatic rings. The van der Waals surface area contributed by atoms with Crippen LogP contribution in [0.15, 0.2) is 24.3 Å². The number of ketones is 1. The number of hydrogen-bond donors (Lipinski definition) is 0. The van der Waals surface area contributed by atoms with Crippen LogP contribution in [-0.4, -0.2) is 25.5 Å². The Morgan fingerprint density at radius 1 is 1.16 bits per heavy atom. The van der Waals surface area contributed by atoms with Crippen molar-refractivity contribution in [2.45, 2.75) is 20.8 Å². The number of aryl methyl sites for hydroxylation is 2. The highest BCUT2D eigenvalue weighted by Crippen LogP contribution is 2.22. The lowest BCUT2D eigenvalue weighted by Gasteiger charge is -2.09. The zero-order valence-electron chi connectivity index (χ0n) is 11.6. The van der Waals surface area contributed by atoms with E-state index in [9.17, 15) is 9.59 Å². The fourth-order valence-electron chi connectivity index (χ4n) is 1.70. The number of carbonyl (C=O) groups is 2. The van der Waals surface area contributed by atoms with Gasteiger partial charge in [0.05, 0.1) is 13.7 Å². The van der Waals surface area contributed by atoms with Gasteiger partial charge in [-0.2, -0.15) is 0 Å². The van der Waals surface area contributed by atoms with Crippen LogP contribution >= 0.6 is 0 Å². The molecule has 0 aliphatic rings. The first kappa shape index (κ1) is 15.0. The SMILES string of the molecule is CCOC(=O)/C=C/C(=O)c1cc(C)c(OC)cc1C. The van der Waals surface area contributed by atoms with Crippen molar-refractivity contribution in [2.75, 3.05) is 13.7 Å². The van der Waals surface area contributed by atoms with Gasteiger partial charge in [-0.15, -0.1) is 0 Å². The van der Waals surface area contributed by atoms with Crippen LogP contribution in [-0.2, 0) is 9.53 Å². The summed E-state index contributed by atoms with van der Waals surface area (Å²) in [6.45, 7) is 5.69. The van der Waals surface area contributed by atoms with Gasteiger partial charge in [-0.3, -0.25) is 4.79 Å². The highest BCUT2D eigenvalue weighted by Gasteiger charge is 2.10. The molecule has 0 heterocycles. The molecular weight excluding hydrogens is 244 g/mol. The number of hydrogen-bond acceptors (Lipinski definition) is 4. The minimum Gasteiger partial charge on any atom is -0.496 e. The van der Waals surface area contributed by atoms with Gasteiger partial charge in [0.1, 0.15) is 5.75 Å². The van der Waals surface area contributed by atoms with Gasteiger partial charge in [-0.05, 0) is 50.1 Å². The predicted molar refractivity (Wildman–Crippen MR) is 72.6 cm³/mol. The molecule has 0 aliphatic heterocycles.